The second-order valence-electron chi connectivity index (χ2n) is 4.96. The standard InChI is InChI=1S/C12H16N2O4/c1-7(2)6-14(8-3-4-8)11(15)9-5-10(12(16)17)18-13-9/h5,7-8H,3-4,6H2,1-2H3,(H,16,17). The molecule has 98 valence electrons. The number of hydrogen-bond acceptors (Lipinski definition) is 4. The quantitative estimate of drug-likeness (QED) is 0.861. The molecule has 0 aliphatic heterocycles. The molecular weight excluding hydrogens is 236 g/mol. The van der Waals surface area contributed by atoms with E-state index >= 15 is 0 Å². The van der Waals surface area contributed by atoms with Crippen LogP contribution in [0.2, 0.25) is 0 Å². The Kier molecular flexibility index (Phi) is 3.36. The monoisotopic (exact) mass is 252 g/mol. The van der Waals surface area contributed by atoms with Gasteiger partial charge in [0.25, 0.3) is 5.91 Å². The van der Waals surface area contributed by atoms with Gasteiger partial charge in [0.2, 0.25) is 5.76 Å². The molecule has 1 saturated carbocycles. The molecule has 6 nitrogen and oxygen atoms in total. The van der Waals surface area contributed by atoms with Crippen molar-refractivity contribution < 1.29 is 19.2 Å². The Morgan fingerprint density at radius 1 is 1.56 bits per heavy atom. The molecule has 1 aliphatic rings. The van der Waals surface area contributed by atoms with Gasteiger partial charge in [-0.25, -0.2) is 4.79 Å². The van der Waals surface area contributed by atoms with Crippen LogP contribution >= 0.6 is 0 Å². The van der Waals surface area contributed by atoms with E-state index in [1.54, 1.807) is 4.90 Å². The number of carbonyl (C=O) groups is 2. The highest BCUT2D eigenvalue weighted by atomic mass is 16.5. The highest BCUT2D eigenvalue weighted by Crippen LogP contribution is 2.29. The summed E-state index contributed by atoms with van der Waals surface area (Å²) in [6.45, 7) is 4.72. The van der Waals surface area contributed by atoms with Crippen LogP contribution in [0.15, 0.2) is 10.6 Å². The molecule has 1 aromatic heterocycles. The molecule has 0 bridgehead atoms. The number of carboxylic acids is 1. The zero-order chi connectivity index (χ0) is 13.3. The maximum atomic E-state index is 12.2. The van der Waals surface area contributed by atoms with Crippen LogP contribution in [0.5, 0.6) is 0 Å². The van der Waals surface area contributed by atoms with Crippen molar-refractivity contribution in [1.29, 1.82) is 0 Å². The van der Waals surface area contributed by atoms with Gasteiger partial charge >= 0.3 is 5.97 Å². The number of nitrogens with zero attached hydrogens (tertiary/aromatic N) is 2. The smallest absolute Gasteiger partial charge is 0.374 e. The second-order valence-corrected chi connectivity index (χ2v) is 4.96. The van der Waals surface area contributed by atoms with Crippen molar-refractivity contribution in [3.05, 3.63) is 17.5 Å². The highest BCUT2D eigenvalue weighted by molar-refractivity contribution is 5.95. The first-order chi connectivity index (χ1) is 8.49. The zero-order valence-electron chi connectivity index (χ0n) is 10.4. The summed E-state index contributed by atoms with van der Waals surface area (Å²) in [7, 11) is 0. The van der Waals surface area contributed by atoms with Crippen molar-refractivity contribution in [1.82, 2.24) is 10.1 Å². The van der Waals surface area contributed by atoms with Gasteiger partial charge < -0.3 is 14.5 Å². The van der Waals surface area contributed by atoms with Crippen molar-refractivity contribution in [2.45, 2.75) is 32.7 Å². The lowest BCUT2D eigenvalue weighted by atomic mass is 10.2. The Morgan fingerprint density at radius 2 is 2.22 bits per heavy atom. The minimum Gasteiger partial charge on any atom is -0.475 e. The van der Waals surface area contributed by atoms with E-state index in [1.807, 2.05) is 13.8 Å². The van der Waals surface area contributed by atoms with E-state index < -0.39 is 5.97 Å². The molecule has 1 N–H and O–H groups in total. The molecule has 1 fully saturated rings. The number of aromatic nitrogens is 1. The number of carboxylic acid groups (broad SMARTS) is 1. The summed E-state index contributed by atoms with van der Waals surface area (Å²) in [6, 6.07) is 1.45. The predicted octanol–water partition coefficient (Wildman–Crippen LogP) is 1.63. The number of hydrogen-bond donors (Lipinski definition) is 1. The summed E-state index contributed by atoms with van der Waals surface area (Å²) in [6.07, 6.45) is 2.00. The Labute approximate surface area is 105 Å². The molecule has 0 unspecified atom stereocenters. The maximum Gasteiger partial charge on any atom is 0.374 e. The van der Waals surface area contributed by atoms with Crippen molar-refractivity contribution in [3.63, 3.8) is 0 Å². The number of aromatic carboxylic acids is 1. The first kappa shape index (κ1) is 12.6. The molecule has 0 saturated heterocycles. The van der Waals surface area contributed by atoms with E-state index in [9.17, 15) is 9.59 Å². The third-order valence-electron chi connectivity index (χ3n) is 2.75. The zero-order valence-corrected chi connectivity index (χ0v) is 10.4. The van der Waals surface area contributed by atoms with E-state index in [1.165, 1.54) is 6.07 Å². The van der Waals surface area contributed by atoms with Crippen LogP contribution in [0.4, 0.5) is 0 Å². The maximum absolute atomic E-state index is 12.2. The minimum atomic E-state index is -1.22. The molecule has 1 amide bonds. The van der Waals surface area contributed by atoms with E-state index in [2.05, 4.69) is 9.68 Å². The van der Waals surface area contributed by atoms with Gasteiger partial charge in [-0.15, -0.1) is 0 Å². The Bertz CT molecular complexity index is 462. The van der Waals surface area contributed by atoms with Crippen molar-refractivity contribution >= 4 is 11.9 Å². The van der Waals surface area contributed by atoms with Crippen LogP contribution in [0, 0.1) is 5.92 Å². The average molecular weight is 252 g/mol. The molecule has 0 spiro atoms. The van der Waals surface area contributed by atoms with Gasteiger partial charge in [-0.3, -0.25) is 4.79 Å². The van der Waals surface area contributed by atoms with Gasteiger partial charge in [-0.1, -0.05) is 19.0 Å². The van der Waals surface area contributed by atoms with Crippen LogP contribution in [-0.2, 0) is 0 Å². The minimum absolute atomic E-state index is 0.0694. The number of carbonyl (C=O) groups excluding carboxylic acids is 1. The van der Waals surface area contributed by atoms with Gasteiger partial charge in [0, 0.05) is 18.7 Å². The molecule has 0 aromatic carbocycles. The van der Waals surface area contributed by atoms with Gasteiger partial charge in [0.15, 0.2) is 5.69 Å². The number of rotatable bonds is 5. The molecule has 1 aliphatic carbocycles. The van der Waals surface area contributed by atoms with Crippen LogP contribution in [0.3, 0.4) is 0 Å². The SMILES string of the molecule is CC(C)CN(C(=O)c1cc(C(=O)O)on1)C1CC1. The third-order valence-corrected chi connectivity index (χ3v) is 2.75. The molecule has 2 rings (SSSR count). The molecule has 1 aromatic rings. The number of amides is 1. The second kappa shape index (κ2) is 4.80. The lowest BCUT2D eigenvalue weighted by molar-refractivity contribution is 0.0646. The summed E-state index contributed by atoms with van der Waals surface area (Å²) in [5, 5.41) is 12.3. The largest absolute Gasteiger partial charge is 0.475 e. The van der Waals surface area contributed by atoms with Gasteiger partial charge in [-0.2, -0.15) is 0 Å². The van der Waals surface area contributed by atoms with Crippen molar-refractivity contribution in [3.8, 4) is 0 Å². The summed E-state index contributed by atoms with van der Waals surface area (Å²) in [5.74, 6) is -1.41. The molecular formula is C12H16N2O4. The van der Waals surface area contributed by atoms with E-state index in [0.29, 0.717) is 12.5 Å². The van der Waals surface area contributed by atoms with Crippen LogP contribution < -0.4 is 0 Å². The molecule has 0 atom stereocenters. The molecule has 18 heavy (non-hydrogen) atoms. The summed E-state index contributed by atoms with van der Waals surface area (Å²) in [5.41, 5.74) is 0.0694. The fourth-order valence-corrected chi connectivity index (χ4v) is 1.80. The summed E-state index contributed by atoms with van der Waals surface area (Å²) >= 11 is 0. The third kappa shape index (κ3) is 2.69. The summed E-state index contributed by atoms with van der Waals surface area (Å²) < 4.78 is 4.61. The van der Waals surface area contributed by atoms with Gasteiger partial charge in [0.05, 0.1) is 0 Å². The first-order valence-corrected chi connectivity index (χ1v) is 6.00. The first-order valence-electron chi connectivity index (χ1n) is 6.00. The van der Waals surface area contributed by atoms with E-state index in [-0.39, 0.29) is 23.4 Å². The fraction of sp³-hybridized carbons (Fsp3) is 0.583. The molecule has 1 heterocycles. The van der Waals surface area contributed by atoms with Gasteiger partial charge in [0.1, 0.15) is 0 Å². The van der Waals surface area contributed by atoms with Gasteiger partial charge in [-0.05, 0) is 18.8 Å². The fourth-order valence-electron chi connectivity index (χ4n) is 1.80. The Hall–Kier alpha value is -1.85. The molecule has 0 radical (unpaired) electrons. The normalized spacial score (nSPS) is 14.8. The highest BCUT2D eigenvalue weighted by Gasteiger charge is 2.34. The topological polar surface area (TPSA) is 83.6 Å². The lowest BCUT2D eigenvalue weighted by Crippen LogP contribution is -2.36. The summed E-state index contributed by atoms with van der Waals surface area (Å²) in [4.78, 5) is 24.6. The van der Waals surface area contributed by atoms with E-state index in [0.717, 1.165) is 12.8 Å². The van der Waals surface area contributed by atoms with Crippen molar-refractivity contribution in [2.24, 2.45) is 5.92 Å². The average Bonchev–Trinajstić information content (AvgIpc) is 3.00. The van der Waals surface area contributed by atoms with Crippen LogP contribution in [-0.4, -0.2) is 39.6 Å². The predicted molar refractivity (Wildman–Crippen MR) is 62.4 cm³/mol. The van der Waals surface area contributed by atoms with E-state index in [4.69, 9.17) is 5.11 Å². The lowest BCUT2D eigenvalue weighted by Gasteiger charge is -2.23. The van der Waals surface area contributed by atoms with Crippen LogP contribution in [0.25, 0.3) is 0 Å². The van der Waals surface area contributed by atoms with Crippen LogP contribution in [0.1, 0.15) is 47.7 Å². The Balaban J connectivity index is 2.14. The Morgan fingerprint density at radius 3 is 2.67 bits per heavy atom. The van der Waals surface area contributed by atoms with Crippen molar-refractivity contribution in [2.75, 3.05) is 6.54 Å². The molecule has 6 heteroatoms.